The highest BCUT2D eigenvalue weighted by molar-refractivity contribution is 5.76. The molecule has 0 aromatic rings. The van der Waals surface area contributed by atoms with Gasteiger partial charge >= 0.3 is 6.09 Å². The molecule has 7 heavy (non-hydrogen) atoms. The fourth-order valence-electron chi connectivity index (χ4n) is 0.303. The van der Waals surface area contributed by atoms with Crippen molar-refractivity contribution in [1.82, 2.24) is 5.06 Å². The molecule has 0 N–H and O–H groups in total. The van der Waals surface area contributed by atoms with Crippen LogP contribution in [0.5, 0.6) is 0 Å². The molecule has 1 saturated heterocycles. The van der Waals surface area contributed by atoms with E-state index in [2.05, 4.69) is 11.4 Å². The van der Waals surface area contributed by atoms with Crippen LogP contribution in [-0.4, -0.2) is 17.7 Å². The first-order chi connectivity index (χ1) is 3.34. The summed E-state index contributed by atoms with van der Waals surface area (Å²) in [5.41, 5.74) is 0. The van der Waals surface area contributed by atoms with E-state index < -0.39 is 0 Å². The molecular weight excluding hydrogens is 94.0 g/mol. The van der Waals surface area contributed by atoms with Crippen LogP contribution in [0, 0.1) is 0 Å². The summed E-state index contributed by atoms with van der Waals surface area (Å²) >= 11 is 0. The average Bonchev–Trinajstić information content (AvgIpc) is 2.22. The van der Waals surface area contributed by atoms with Gasteiger partial charge in [-0.25, -0.2) is 4.79 Å². The first-order valence-corrected chi connectivity index (χ1v) is 1.95. The third-order valence-electron chi connectivity index (χ3n) is 0.654. The van der Waals surface area contributed by atoms with Gasteiger partial charge in [0.05, 0.1) is 6.54 Å². The Balaban J connectivity index is 2.20. The molecule has 38 valence electrons. The number of hydrogen-bond acceptors (Lipinski definition) is 2. The number of amides is 1. The molecule has 0 aromatic heterocycles. The van der Waals surface area contributed by atoms with E-state index >= 15 is 0 Å². The minimum Gasteiger partial charge on any atom is -0.313 e. The van der Waals surface area contributed by atoms with Gasteiger partial charge < -0.3 is 4.84 Å². The predicted octanol–water partition coefficient (Wildman–Crippen LogP) is 0.540. The lowest BCUT2D eigenvalue weighted by molar-refractivity contribution is 0.214. The van der Waals surface area contributed by atoms with Gasteiger partial charge in [-0.2, -0.15) is 0 Å². The molecule has 0 spiro atoms. The fraction of sp³-hybridized carbons (Fsp3) is 0.250. The van der Waals surface area contributed by atoms with E-state index in [4.69, 9.17) is 0 Å². The lowest BCUT2D eigenvalue weighted by Crippen LogP contribution is -1.93. The van der Waals surface area contributed by atoms with Crippen molar-refractivity contribution in [1.29, 1.82) is 0 Å². The SMILES string of the molecule is C=CCN1OC1=O. The Morgan fingerprint density at radius 2 is 2.57 bits per heavy atom. The van der Waals surface area contributed by atoms with Gasteiger partial charge in [-0.3, -0.25) is 0 Å². The Morgan fingerprint density at radius 1 is 2.00 bits per heavy atom. The Kier molecular flexibility index (Phi) is 0.749. The molecule has 1 aliphatic rings. The summed E-state index contributed by atoms with van der Waals surface area (Å²) < 4.78 is 0. The third kappa shape index (κ3) is 0.707. The zero-order chi connectivity index (χ0) is 5.28. The van der Waals surface area contributed by atoms with E-state index in [0.717, 1.165) is 0 Å². The minimum absolute atomic E-state index is 0.264. The summed E-state index contributed by atoms with van der Waals surface area (Å²) in [4.78, 5) is 14.2. The summed E-state index contributed by atoms with van der Waals surface area (Å²) in [6.45, 7) is 3.90. The highest BCUT2D eigenvalue weighted by Crippen LogP contribution is 2.09. The van der Waals surface area contributed by atoms with Gasteiger partial charge in [0.15, 0.2) is 0 Å². The molecular formula is C4H5NO2. The van der Waals surface area contributed by atoms with Gasteiger partial charge in [0, 0.05) is 0 Å². The van der Waals surface area contributed by atoms with Crippen LogP contribution in [0.3, 0.4) is 0 Å². The Morgan fingerprint density at radius 3 is 2.71 bits per heavy atom. The fourth-order valence-corrected chi connectivity index (χ4v) is 0.303. The second kappa shape index (κ2) is 1.26. The van der Waals surface area contributed by atoms with Crippen LogP contribution in [0.15, 0.2) is 12.7 Å². The monoisotopic (exact) mass is 99.0 g/mol. The molecule has 1 aliphatic heterocycles. The summed E-state index contributed by atoms with van der Waals surface area (Å²) in [6, 6.07) is 0. The Bertz CT molecular complexity index is 110. The number of carbonyl (C=O) groups excluding carboxylic acids is 1. The molecule has 0 aliphatic carbocycles. The van der Waals surface area contributed by atoms with Crippen LogP contribution in [0.2, 0.25) is 0 Å². The van der Waals surface area contributed by atoms with Crippen LogP contribution in [-0.2, 0) is 4.84 Å². The predicted molar refractivity (Wildman–Crippen MR) is 23.4 cm³/mol. The molecule has 0 bridgehead atoms. The van der Waals surface area contributed by atoms with Gasteiger partial charge in [0.1, 0.15) is 0 Å². The molecule has 0 radical (unpaired) electrons. The van der Waals surface area contributed by atoms with Crippen molar-refractivity contribution in [2.75, 3.05) is 6.54 Å². The Hall–Kier alpha value is -0.990. The minimum atomic E-state index is -0.264. The van der Waals surface area contributed by atoms with Crippen LogP contribution in [0.1, 0.15) is 0 Å². The average molecular weight is 99.1 g/mol. The standard InChI is InChI=1S/C4H5NO2/c1-2-3-5-4(6)7-5/h2H,1,3H2. The van der Waals surface area contributed by atoms with Crippen LogP contribution in [0.4, 0.5) is 4.79 Å². The summed E-state index contributed by atoms with van der Waals surface area (Å²) in [7, 11) is 0. The summed E-state index contributed by atoms with van der Waals surface area (Å²) in [5.74, 6) is 0. The Labute approximate surface area is 41.1 Å². The topological polar surface area (TPSA) is 32.6 Å². The molecule has 0 unspecified atom stereocenters. The highest BCUT2D eigenvalue weighted by atomic mass is 16.9. The largest absolute Gasteiger partial charge is 0.468 e. The third-order valence-corrected chi connectivity index (χ3v) is 0.654. The van der Waals surface area contributed by atoms with Gasteiger partial charge in [-0.15, -0.1) is 11.6 Å². The molecule has 0 saturated carbocycles. The van der Waals surface area contributed by atoms with E-state index in [9.17, 15) is 4.79 Å². The molecule has 1 amide bonds. The van der Waals surface area contributed by atoms with Crippen molar-refractivity contribution >= 4 is 6.09 Å². The molecule has 1 rings (SSSR count). The summed E-state index contributed by atoms with van der Waals surface area (Å²) in [6.07, 6.45) is 1.34. The molecule has 0 aromatic carbocycles. The van der Waals surface area contributed by atoms with Crippen molar-refractivity contribution in [3.05, 3.63) is 12.7 Å². The zero-order valence-corrected chi connectivity index (χ0v) is 3.76. The first kappa shape index (κ1) is 4.18. The van der Waals surface area contributed by atoms with Crippen LogP contribution in [0.25, 0.3) is 0 Å². The van der Waals surface area contributed by atoms with Crippen molar-refractivity contribution in [3.8, 4) is 0 Å². The van der Waals surface area contributed by atoms with E-state index in [1.807, 2.05) is 0 Å². The molecule has 3 heteroatoms. The number of hydroxylamine groups is 2. The highest BCUT2D eigenvalue weighted by Gasteiger charge is 2.32. The molecule has 1 heterocycles. The smallest absolute Gasteiger partial charge is 0.313 e. The number of carbonyl (C=O) groups is 1. The van der Waals surface area contributed by atoms with E-state index in [-0.39, 0.29) is 6.09 Å². The van der Waals surface area contributed by atoms with E-state index in [1.54, 1.807) is 6.08 Å². The normalized spacial score (nSPS) is 16.0. The molecule has 0 atom stereocenters. The lowest BCUT2D eigenvalue weighted by atomic mass is 10.6. The second-order valence-electron chi connectivity index (χ2n) is 1.21. The van der Waals surface area contributed by atoms with Crippen molar-refractivity contribution < 1.29 is 9.63 Å². The zero-order valence-electron chi connectivity index (χ0n) is 3.76. The van der Waals surface area contributed by atoms with Gasteiger partial charge in [-0.05, 0) is 0 Å². The van der Waals surface area contributed by atoms with Gasteiger partial charge in [-0.1, -0.05) is 6.08 Å². The maximum atomic E-state index is 9.93. The van der Waals surface area contributed by atoms with Crippen molar-refractivity contribution in [2.45, 2.75) is 0 Å². The van der Waals surface area contributed by atoms with Crippen molar-refractivity contribution in [3.63, 3.8) is 0 Å². The number of nitrogens with zero attached hydrogens (tertiary/aromatic N) is 1. The van der Waals surface area contributed by atoms with Crippen LogP contribution >= 0.6 is 0 Å². The van der Waals surface area contributed by atoms with Gasteiger partial charge in [0.2, 0.25) is 0 Å². The maximum absolute atomic E-state index is 9.93. The number of rotatable bonds is 2. The van der Waals surface area contributed by atoms with E-state index in [1.165, 1.54) is 5.06 Å². The first-order valence-electron chi connectivity index (χ1n) is 1.95. The lowest BCUT2D eigenvalue weighted by Gasteiger charge is -1.77. The summed E-state index contributed by atoms with van der Waals surface area (Å²) in [5, 5.41) is 1.22. The number of hydrogen-bond donors (Lipinski definition) is 0. The maximum Gasteiger partial charge on any atom is 0.468 e. The van der Waals surface area contributed by atoms with Crippen molar-refractivity contribution in [2.24, 2.45) is 0 Å². The quantitative estimate of drug-likeness (QED) is 0.374. The molecule has 3 nitrogen and oxygen atoms in total. The van der Waals surface area contributed by atoms with Gasteiger partial charge in [0.25, 0.3) is 0 Å². The van der Waals surface area contributed by atoms with E-state index in [0.29, 0.717) is 6.54 Å². The second-order valence-corrected chi connectivity index (χ2v) is 1.21. The van der Waals surface area contributed by atoms with Crippen LogP contribution < -0.4 is 0 Å². The molecule has 1 fully saturated rings.